The predicted molar refractivity (Wildman–Crippen MR) is 76.9 cm³/mol. The molecule has 2 aliphatic rings. The second-order valence-corrected chi connectivity index (χ2v) is 6.72. The van der Waals surface area contributed by atoms with E-state index in [9.17, 15) is 0 Å². The van der Waals surface area contributed by atoms with Crippen molar-refractivity contribution in [2.24, 2.45) is 23.5 Å². The summed E-state index contributed by atoms with van der Waals surface area (Å²) >= 11 is 0. The Kier molecular flexibility index (Phi) is 3.44. The van der Waals surface area contributed by atoms with Gasteiger partial charge in [0.25, 0.3) is 0 Å². The Hall–Kier alpha value is -0.800. The second kappa shape index (κ2) is 4.95. The lowest BCUT2D eigenvalue weighted by molar-refractivity contribution is 0.207. The highest BCUT2D eigenvalue weighted by atomic mass is 16.3. The third kappa shape index (κ3) is 2.72. The first-order chi connectivity index (χ1) is 9.10. The largest absolute Gasteiger partial charge is 0.464 e. The minimum atomic E-state index is 0.232. The molecule has 0 radical (unpaired) electrons. The van der Waals surface area contributed by atoms with Crippen molar-refractivity contribution in [3.05, 3.63) is 23.7 Å². The standard InChI is InChI=1S/C16H26N2O/c1-10-6-12(10)9-18(3)14(8-17)16-5-4-15(19-16)13-7-11(13)2/h4-5,10-14H,6-9,17H2,1-3H3. The molecule has 0 saturated heterocycles. The van der Waals surface area contributed by atoms with E-state index in [0.717, 1.165) is 35.8 Å². The van der Waals surface area contributed by atoms with Crippen molar-refractivity contribution in [3.63, 3.8) is 0 Å². The normalized spacial score (nSPS) is 34.6. The van der Waals surface area contributed by atoms with Gasteiger partial charge in [-0.1, -0.05) is 13.8 Å². The maximum Gasteiger partial charge on any atom is 0.122 e. The molecule has 3 rings (SSSR count). The van der Waals surface area contributed by atoms with Crippen LogP contribution in [0.5, 0.6) is 0 Å². The molecule has 2 saturated carbocycles. The smallest absolute Gasteiger partial charge is 0.122 e. The molecule has 1 heterocycles. The highest BCUT2D eigenvalue weighted by molar-refractivity contribution is 5.19. The van der Waals surface area contributed by atoms with E-state index >= 15 is 0 Å². The molecule has 2 aliphatic carbocycles. The summed E-state index contributed by atoms with van der Waals surface area (Å²) in [6.07, 6.45) is 2.64. The molecule has 1 aromatic rings. The average molecular weight is 262 g/mol. The van der Waals surface area contributed by atoms with Crippen LogP contribution < -0.4 is 5.73 Å². The minimum absolute atomic E-state index is 0.232. The van der Waals surface area contributed by atoms with Crippen molar-refractivity contribution in [1.82, 2.24) is 4.90 Å². The van der Waals surface area contributed by atoms with Gasteiger partial charge in [-0.3, -0.25) is 4.90 Å². The lowest BCUT2D eigenvalue weighted by Crippen LogP contribution is -2.32. The van der Waals surface area contributed by atoms with E-state index in [1.54, 1.807) is 0 Å². The number of hydrogen-bond donors (Lipinski definition) is 1. The van der Waals surface area contributed by atoms with Crippen molar-refractivity contribution in [2.45, 2.75) is 38.6 Å². The molecule has 0 aromatic carbocycles. The van der Waals surface area contributed by atoms with Crippen molar-refractivity contribution in [1.29, 1.82) is 0 Å². The Morgan fingerprint density at radius 3 is 2.53 bits per heavy atom. The van der Waals surface area contributed by atoms with Crippen LogP contribution in [0.3, 0.4) is 0 Å². The maximum absolute atomic E-state index is 6.06. The molecule has 2 fully saturated rings. The van der Waals surface area contributed by atoms with Crippen LogP contribution in [-0.4, -0.2) is 25.0 Å². The number of nitrogens with zero attached hydrogens (tertiary/aromatic N) is 1. The van der Waals surface area contributed by atoms with Crippen LogP contribution in [0.2, 0.25) is 0 Å². The molecule has 0 spiro atoms. The summed E-state index contributed by atoms with van der Waals surface area (Å²) in [5, 5.41) is 0. The van der Waals surface area contributed by atoms with Crippen LogP contribution in [0.25, 0.3) is 0 Å². The predicted octanol–water partition coefficient (Wildman–Crippen LogP) is 2.99. The highest BCUT2D eigenvalue weighted by Crippen LogP contribution is 2.48. The number of rotatable bonds is 6. The van der Waals surface area contributed by atoms with Crippen LogP contribution >= 0.6 is 0 Å². The molecule has 3 heteroatoms. The number of hydrogen-bond acceptors (Lipinski definition) is 3. The van der Waals surface area contributed by atoms with Gasteiger partial charge in [-0.25, -0.2) is 0 Å². The maximum atomic E-state index is 6.06. The molecular weight excluding hydrogens is 236 g/mol. The monoisotopic (exact) mass is 262 g/mol. The van der Waals surface area contributed by atoms with Crippen LogP contribution in [0.4, 0.5) is 0 Å². The van der Waals surface area contributed by atoms with Gasteiger partial charge in [0, 0.05) is 19.0 Å². The molecule has 106 valence electrons. The molecule has 5 atom stereocenters. The van der Waals surface area contributed by atoms with E-state index in [2.05, 4.69) is 37.9 Å². The van der Waals surface area contributed by atoms with Crippen LogP contribution in [0, 0.1) is 17.8 Å². The van der Waals surface area contributed by atoms with Crippen molar-refractivity contribution < 1.29 is 4.42 Å². The molecule has 3 nitrogen and oxygen atoms in total. The second-order valence-electron chi connectivity index (χ2n) is 6.72. The molecule has 1 aromatic heterocycles. The number of nitrogens with two attached hydrogens (primary N) is 1. The van der Waals surface area contributed by atoms with E-state index < -0.39 is 0 Å². The zero-order valence-corrected chi connectivity index (χ0v) is 12.3. The fourth-order valence-electron chi connectivity index (χ4n) is 3.13. The van der Waals surface area contributed by atoms with Crippen LogP contribution in [0.1, 0.15) is 50.2 Å². The van der Waals surface area contributed by atoms with Crippen molar-refractivity contribution in [3.8, 4) is 0 Å². The van der Waals surface area contributed by atoms with Gasteiger partial charge in [-0.2, -0.15) is 0 Å². The van der Waals surface area contributed by atoms with Gasteiger partial charge in [-0.15, -0.1) is 0 Å². The van der Waals surface area contributed by atoms with E-state index in [0.29, 0.717) is 12.5 Å². The highest BCUT2D eigenvalue weighted by Gasteiger charge is 2.38. The minimum Gasteiger partial charge on any atom is -0.464 e. The van der Waals surface area contributed by atoms with Crippen LogP contribution in [-0.2, 0) is 0 Å². The third-order valence-electron chi connectivity index (χ3n) is 5.00. The van der Waals surface area contributed by atoms with Crippen molar-refractivity contribution in [2.75, 3.05) is 20.1 Å². The van der Waals surface area contributed by atoms with Gasteiger partial charge in [0.2, 0.25) is 0 Å². The first-order valence-electron chi connectivity index (χ1n) is 7.60. The Balaban J connectivity index is 1.65. The van der Waals surface area contributed by atoms with Gasteiger partial charge in [-0.05, 0) is 49.8 Å². The Morgan fingerprint density at radius 2 is 2.00 bits per heavy atom. The van der Waals surface area contributed by atoms with E-state index in [-0.39, 0.29) is 6.04 Å². The molecule has 0 amide bonds. The van der Waals surface area contributed by atoms with Gasteiger partial charge < -0.3 is 10.2 Å². The Bertz CT molecular complexity index is 442. The topological polar surface area (TPSA) is 42.4 Å². The lowest BCUT2D eigenvalue weighted by atomic mass is 10.2. The Morgan fingerprint density at radius 1 is 1.32 bits per heavy atom. The summed E-state index contributed by atoms with van der Waals surface area (Å²) < 4.78 is 6.06. The molecule has 19 heavy (non-hydrogen) atoms. The quantitative estimate of drug-likeness (QED) is 0.857. The molecular formula is C16H26N2O. The van der Waals surface area contributed by atoms with Gasteiger partial charge in [0.05, 0.1) is 6.04 Å². The summed E-state index contributed by atoms with van der Waals surface area (Å²) in [5.74, 6) is 5.40. The van der Waals surface area contributed by atoms with Gasteiger partial charge in [0.15, 0.2) is 0 Å². The third-order valence-corrected chi connectivity index (χ3v) is 5.00. The SMILES string of the molecule is CC1CC1CN(C)C(CN)c1ccc(C2CC2C)o1. The summed E-state index contributed by atoms with van der Waals surface area (Å²) in [7, 11) is 2.17. The van der Waals surface area contributed by atoms with Gasteiger partial charge in [0.1, 0.15) is 11.5 Å². The number of likely N-dealkylation sites (N-methyl/N-ethyl adjacent to an activating group) is 1. The van der Waals surface area contributed by atoms with E-state index in [4.69, 9.17) is 10.2 Å². The lowest BCUT2D eigenvalue weighted by Gasteiger charge is -2.25. The fourth-order valence-corrected chi connectivity index (χ4v) is 3.13. The summed E-state index contributed by atoms with van der Waals surface area (Å²) in [6, 6.07) is 4.51. The zero-order valence-electron chi connectivity index (χ0n) is 12.3. The van der Waals surface area contributed by atoms with Crippen LogP contribution in [0.15, 0.2) is 16.5 Å². The fraction of sp³-hybridized carbons (Fsp3) is 0.750. The van der Waals surface area contributed by atoms with E-state index in [1.807, 2.05) is 0 Å². The summed E-state index contributed by atoms with van der Waals surface area (Å²) in [5.41, 5.74) is 5.96. The van der Waals surface area contributed by atoms with Crippen molar-refractivity contribution >= 4 is 0 Å². The molecule has 0 aliphatic heterocycles. The first kappa shape index (κ1) is 13.2. The zero-order chi connectivity index (χ0) is 13.6. The van der Waals surface area contributed by atoms with Gasteiger partial charge >= 0.3 is 0 Å². The first-order valence-corrected chi connectivity index (χ1v) is 7.60. The Labute approximate surface area is 116 Å². The average Bonchev–Trinajstić information content (AvgIpc) is 3.20. The summed E-state index contributed by atoms with van der Waals surface area (Å²) in [4.78, 5) is 2.37. The summed E-state index contributed by atoms with van der Waals surface area (Å²) in [6.45, 7) is 6.38. The van der Waals surface area contributed by atoms with E-state index in [1.165, 1.54) is 12.8 Å². The molecule has 0 bridgehead atoms. The molecule has 5 unspecified atom stereocenters. The number of furan rings is 1. The molecule has 2 N–H and O–H groups in total.